The zero-order valence-electron chi connectivity index (χ0n) is 65.7. The number of ether oxygens (including phenoxy) is 9. The van der Waals surface area contributed by atoms with Gasteiger partial charge in [0.05, 0.1) is 50.1 Å². The van der Waals surface area contributed by atoms with E-state index in [1.807, 2.05) is 62.3 Å². The number of rotatable bonds is 24. The number of carbonyl (C=O) groups excluding carboxylic acids is 7. The van der Waals surface area contributed by atoms with E-state index in [2.05, 4.69) is 34.6 Å². The van der Waals surface area contributed by atoms with Gasteiger partial charge in [0.15, 0.2) is 6.61 Å². The Morgan fingerprint density at radius 2 is 1.00 bits per heavy atom. The van der Waals surface area contributed by atoms with Crippen molar-refractivity contribution < 1.29 is 93.9 Å². The fraction of sp³-hybridized carbons (Fsp3) is 0.914. The highest BCUT2D eigenvalue weighted by Crippen LogP contribution is 2.64. The third kappa shape index (κ3) is 17.9. The predicted molar refractivity (Wildman–Crippen MR) is 383 cm³/mol. The van der Waals surface area contributed by atoms with Crippen LogP contribution in [0.3, 0.4) is 0 Å². The van der Waals surface area contributed by atoms with Gasteiger partial charge in [-0.2, -0.15) is 8.42 Å². The Morgan fingerprint density at radius 1 is 0.549 bits per heavy atom. The molecule has 582 valence electrons. The van der Waals surface area contributed by atoms with Crippen molar-refractivity contribution in [2.24, 2.45) is 92.2 Å². The zero-order chi connectivity index (χ0) is 75.2. The second-order valence-electron chi connectivity index (χ2n) is 37.8. The van der Waals surface area contributed by atoms with E-state index in [1.165, 1.54) is 44.9 Å². The van der Waals surface area contributed by atoms with E-state index in [4.69, 9.17) is 46.8 Å². The first-order valence-electron chi connectivity index (χ1n) is 39.8. The summed E-state index contributed by atoms with van der Waals surface area (Å²) in [4.78, 5) is 84.2. The number of hydrogen-bond acceptors (Lipinski definition) is 20. The van der Waals surface area contributed by atoms with Crippen LogP contribution in [0.4, 0.5) is 0 Å². The lowest BCUT2D eigenvalue weighted by Gasteiger charge is -2.62. The molecule has 14 aliphatic carbocycles. The van der Waals surface area contributed by atoms with Gasteiger partial charge in [-0.25, -0.2) is 9.59 Å². The lowest BCUT2D eigenvalue weighted by molar-refractivity contribution is -0.257. The molecule has 10 unspecified atom stereocenters. The lowest BCUT2D eigenvalue weighted by atomic mass is 9.47. The van der Waals surface area contributed by atoms with Crippen LogP contribution in [0.2, 0.25) is 0 Å². The van der Waals surface area contributed by atoms with Crippen LogP contribution in [0.25, 0.3) is 0 Å². The maximum atomic E-state index is 12.8. The minimum Gasteiger partial charge on any atom is -0.463 e. The van der Waals surface area contributed by atoms with Crippen LogP contribution in [0.15, 0.2) is 0 Å². The molecule has 14 bridgehead atoms. The number of hydrogen-bond donors (Lipinski definition) is 1. The Kier molecular flexibility index (Phi) is 25.2. The summed E-state index contributed by atoms with van der Waals surface area (Å²) in [6, 6.07) is 0. The number of carbonyl (C=O) groups is 7. The molecule has 16 rings (SSSR count). The summed E-state index contributed by atoms with van der Waals surface area (Å²) in [5, 5.41) is 10.2. The van der Waals surface area contributed by atoms with Crippen molar-refractivity contribution in [1.82, 2.24) is 0 Å². The van der Waals surface area contributed by atoms with Gasteiger partial charge in [-0.15, -0.1) is 0 Å². The van der Waals surface area contributed by atoms with Gasteiger partial charge in [-0.05, 0) is 270 Å². The molecular formula is C81H132O20S. The number of esters is 7. The smallest absolute Gasteiger partial charge is 0.347 e. The summed E-state index contributed by atoms with van der Waals surface area (Å²) in [6.45, 7) is 36.7. The molecule has 21 heteroatoms. The van der Waals surface area contributed by atoms with E-state index in [9.17, 15) is 47.1 Å². The SMILES string of the molecule is CCC(C)(C)C(=O)OC1(C(C)C)C2CC3CC(C2)CC1C3.CCC(C)(C)C(=O)OC12CC3CC(CC(O)(C3)C1)C2.CCC(C)(C)C(=O)OC1CCOC1=O.CCC(C)(C)C(=O)OCC(=O)OC1C2CC3C1OS(=O)(=O)C3C2.CCCCOCOC12CC3CC(C1)CC(OC(=O)C(C)(C)CC)(C3)C2. The molecule has 0 radical (unpaired) electrons. The van der Waals surface area contributed by atoms with E-state index in [-0.39, 0.29) is 63.5 Å². The number of aliphatic hydroxyl groups is 1. The maximum Gasteiger partial charge on any atom is 0.347 e. The first-order valence-corrected chi connectivity index (χ1v) is 41.3. The molecule has 1 N–H and O–H groups in total. The van der Waals surface area contributed by atoms with Gasteiger partial charge < -0.3 is 47.7 Å². The Hall–Kier alpha value is -3.92. The number of unbranched alkanes of at least 4 members (excludes halogenated alkanes) is 1. The fourth-order valence-electron chi connectivity index (χ4n) is 20.4. The molecule has 2 aliphatic heterocycles. The molecule has 0 spiro atoms. The molecule has 0 aromatic rings. The van der Waals surface area contributed by atoms with Gasteiger partial charge in [0.25, 0.3) is 10.1 Å². The highest BCUT2D eigenvalue weighted by molar-refractivity contribution is 7.87. The van der Waals surface area contributed by atoms with Crippen LogP contribution in [-0.4, -0.2) is 133 Å². The Morgan fingerprint density at radius 3 is 1.46 bits per heavy atom. The third-order valence-corrected chi connectivity index (χ3v) is 29.3. The Balaban J connectivity index is 0.000000150. The van der Waals surface area contributed by atoms with Gasteiger partial charge in [-0.3, -0.25) is 28.2 Å². The van der Waals surface area contributed by atoms with Crippen LogP contribution in [-0.2, 0) is 90.5 Å². The van der Waals surface area contributed by atoms with E-state index < -0.39 is 85.5 Å². The molecule has 10 atom stereocenters. The highest BCUT2D eigenvalue weighted by atomic mass is 32.2. The molecule has 0 amide bonds. The van der Waals surface area contributed by atoms with Crippen LogP contribution in [0.1, 0.15) is 298 Å². The largest absolute Gasteiger partial charge is 0.463 e. The zero-order valence-corrected chi connectivity index (χ0v) is 66.5. The summed E-state index contributed by atoms with van der Waals surface area (Å²) in [7, 11) is -3.53. The maximum absolute atomic E-state index is 12.8. The molecule has 102 heavy (non-hydrogen) atoms. The summed E-state index contributed by atoms with van der Waals surface area (Å²) in [5.41, 5.74) is -3.85. The molecule has 16 fully saturated rings. The second kappa shape index (κ2) is 31.3. The molecule has 0 aromatic heterocycles. The van der Waals surface area contributed by atoms with Crippen molar-refractivity contribution in [1.29, 1.82) is 0 Å². The summed E-state index contributed by atoms with van der Waals surface area (Å²) < 4.78 is 79.5. The average Bonchev–Trinajstić information content (AvgIpc) is 1.20. The predicted octanol–water partition coefficient (Wildman–Crippen LogP) is 15.0. The van der Waals surface area contributed by atoms with Gasteiger partial charge in [0, 0.05) is 37.7 Å². The van der Waals surface area contributed by atoms with E-state index in [1.54, 1.807) is 27.7 Å². The minimum absolute atomic E-state index is 0.0130. The molecule has 0 aromatic carbocycles. The van der Waals surface area contributed by atoms with Crippen LogP contribution >= 0.6 is 0 Å². The Bertz CT molecular complexity index is 3050. The number of fused-ring (bicyclic) bond motifs is 1. The monoisotopic (exact) mass is 1460 g/mol. The van der Waals surface area contributed by atoms with Crippen molar-refractivity contribution in [3.05, 3.63) is 0 Å². The molecule has 2 saturated heterocycles. The topological polar surface area (TPSA) is 266 Å². The summed E-state index contributed by atoms with van der Waals surface area (Å²) >= 11 is 0. The van der Waals surface area contributed by atoms with Gasteiger partial charge >= 0.3 is 41.8 Å². The quantitative estimate of drug-likeness (QED) is 0.0309. The third-order valence-electron chi connectivity index (χ3n) is 27.5. The molecule has 14 saturated carbocycles. The normalized spacial score (nSPS) is 37.2. The van der Waals surface area contributed by atoms with Crippen LogP contribution in [0, 0.1) is 92.2 Å². The van der Waals surface area contributed by atoms with Gasteiger partial charge in [-0.1, -0.05) is 61.8 Å². The van der Waals surface area contributed by atoms with E-state index >= 15 is 0 Å². The average molecular weight is 1460 g/mol. The van der Waals surface area contributed by atoms with Crippen molar-refractivity contribution in [3.8, 4) is 0 Å². The van der Waals surface area contributed by atoms with Crippen molar-refractivity contribution >= 4 is 51.9 Å². The summed E-state index contributed by atoms with van der Waals surface area (Å²) in [5.74, 6) is 3.86. The highest BCUT2D eigenvalue weighted by Gasteiger charge is 2.67. The summed E-state index contributed by atoms with van der Waals surface area (Å²) in [6.07, 6.45) is 24.5. The van der Waals surface area contributed by atoms with Crippen LogP contribution < -0.4 is 0 Å². The lowest BCUT2D eigenvalue weighted by Crippen LogP contribution is -2.63. The standard InChI is InChI=1S/C21H36O4.C19H32O2.C16H26O3.C15H22O7S.C10H16O4/c1-5-7-8-23-15-24-20-10-16-9-17(11-20)13-21(12-16,14-20)25-18(22)19(3,4)6-2;1-6-18(4,5)17(20)21-19(12(2)3)15-8-13-7-14(10-15)11-16(19)9-13;1-4-14(2,3)13(17)19-16-8-11-5-12(9-16)7-15(18,6-11)10-16;1-4-15(2,3)14(17)20-7-11(16)21-12-8-5-9-10(6-8)23(18,19)22-13(9)12;1-4-10(2,3)9(12)14-7-5-6-13-8(7)11/h16-17H,5-15H2,1-4H3;12-16H,6-11H2,1-5H3;11-12,18H,4-10H2,1-3H3;8-10,12-13H,4-7H2,1-3H3;7H,4-6H2,1-3H3. The van der Waals surface area contributed by atoms with Crippen molar-refractivity contribution in [2.75, 3.05) is 26.6 Å². The van der Waals surface area contributed by atoms with E-state index in [0.717, 1.165) is 108 Å². The van der Waals surface area contributed by atoms with Gasteiger partial charge in [0.2, 0.25) is 6.10 Å². The van der Waals surface area contributed by atoms with E-state index in [0.29, 0.717) is 93.4 Å². The first-order chi connectivity index (χ1) is 47.5. The number of cyclic esters (lactones) is 1. The first kappa shape index (κ1) is 82.1. The minimum atomic E-state index is -3.53. The Labute approximate surface area is 611 Å². The molecule has 20 nitrogen and oxygen atoms in total. The van der Waals surface area contributed by atoms with Crippen molar-refractivity contribution in [2.45, 2.75) is 350 Å². The molecule has 16 aliphatic rings. The van der Waals surface area contributed by atoms with Crippen LogP contribution in [0.5, 0.6) is 0 Å². The van der Waals surface area contributed by atoms with Crippen molar-refractivity contribution in [3.63, 3.8) is 0 Å². The second-order valence-corrected chi connectivity index (χ2v) is 39.5. The molecule has 2 heterocycles. The van der Waals surface area contributed by atoms with Gasteiger partial charge in [0.1, 0.15) is 35.8 Å². The molecular weight excluding hydrogens is 1320 g/mol. The fourth-order valence-corrected chi connectivity index (χ4v) is 22.2.